The monoisotopic (exact) mass is 353 g/mol. The number of hydrogen-bond acceptors (Lipinski definition) is 2. The average Bonchev–Trinajstić information content (AvgIpc) is 3.50. The number of benzene rings is 2. The summed E-state index contributed by atoms with van der Waals surface area (Å²) in [7, 11) is 0. The molecule has 134 valence electrons. The highest BCUT2D eigenvalue weighted by molar-refractivity contribution is 7.97. The topological polar surface area (TPSA) is 12.0 Å². The van der Waals surface area contributed by atoms with Gasteiger partial charge in [0, 0.05) is 16.5 Å². The minimum absolute atomic E-state index is 0.591. The lowest BCUT2D eigenvalue weighted by molar-refractivity contribution is 0.885. The van der Waals surface area contributed by atoms with Crippen LogP contribution in [0.3, 0.4) is 0 Å². The Bertz CT molecular complexity index is 594. The zero-order chi connectivity index (χ0) is 18.5. The van der Waals surface area contributed by atoms with Crippen LogP contribution in [0, 0.1) is 11.8 Å². The summed E-state index contributed by atoms with van der Waals surface area (Å²) in [6.45, 7) is 14.1. The molecule has 0 bridgehead atoms. The van der Waals surface area contributed by atoms with Gasteiger partial charge >= 0.3 is 0 Å². The van der Waals surface area contributed by atoms with Gasteiger partial charge in [0.2, 0.25) is 0 Å². The van der Waals surface area contributed by atoms with E-state index in [-0.39, 0.29) is 0 Å². The Morgan fingerprint density at radius 2 is 1.64 bits per heavy atom. The minimum atomic E-state index is 0.591. The number of allylic oxidation sites excluding steroid dienone is 2. The molecule has 3 rings (SSSR count). The van der Waals surface area contributed by atoms with Gasteiger partial charge in [0.1, 0.15) is 0 Å². The molecule has 1 nitrogen and oxygen atoms in total. The van der Waals surface area contributed by atoms with Crippen LogP contribution < -0.4 is 4.72 Å². The second kappa shape index (κ2) is 12.4. The van der Waals surface area contributed by atoms with Gasteiger partial charge in [0.05, 0.1) is 0 Å². The van der Waals surface area contributed by atoms with Crippen LogP contribution >= 0.6 is 11.9 Å². The molecule has 0 spiro atoms. The summed E-state index contributed by atoms with van der Waals surface area (Å²) in [5, 5.41) is 0. The first-order valence-electron chi connectivity index (χ1n) is 9.08. The van der Waals surface area contributed by atoms with E-state index in [9.17, 15) is 0 Å². The van der Waals surface area contributed by atoms with Crippen molar-refractivity contribution >= 4 is 11.9 Å². The number of rotatable bonds is 6. The molecular weight excluding hydrogens is 322 g/mol. The van der Waals surface area contributed by atoms with Crippen molar-refractivity contribution in [2.75, 3.05) is 0 Å². The molecule has 0 amide bonds. The van der Waals surface area contributed by atoms with Gasteiger partial charge in [0.25, 0.3) is 0 Å². The number of aryl methyl sites for hydroxylation is 1. The number of hydrogen-bond donors (Lipinski definition) is 1. The van der Waals surface area contributed by atoms with Crippen molar-refractivity contribution in [3.05, 3.63) is 91.2 Å². The van der Waals surface area contributed by atoms with Crippen LogP contribution in [0.25, 0.3) is 0 Å². The summed E-state index contributed by atoms with van der Waals surface area (Å²) in [5.41, 5.74) is 2.51. The van der Waals surface area contributed by atoms with E-state index in [1.165, 1.54) is 16.9 Å². The Morgan fingerprint density at radius 1 is 1.08 bits per heavy atom. The SMILES string of the molecule is C=CC1CC1C(=C)NSc1ccccc1CC.CC.c1ccccc1. The molecule has 1 N–H and O–H groups in total. The fourth-order valence-corrected chi connectivity index (χ4v) is 3.23. The van der Waals surface area contributed by atoms with Crippen LogP contribution in [0.1, 0.15) is 32.8 Å². The molecule has 2 aromatic carbocycles. The Hall–Kier alpha value is -1.93. The van der Waals surface area contributed by atoms with Crippen LogP contribution in [0.2, 0.25) is 0 Å². The maximum absolute atomic E-state index is 4.11. The molecule has 0 radical (unpaired) electrons. The van der Waals surface area contributed by atoms with Crippen molar-refractivity contribution in [3.8, 4) is 0 Å². The lowest BCUT2D eigenvalue weighted by atomic mass is 10.2. The van der Waals surface area contributed by atoms with Crippen LogP contribution in [0.5, 0.6) is 0 Å². The van der Waals surface area contributed by atoms with E-state index in [1.807, 2.05) is 56.3 Å². The second-order valence-corrected chi connectivity index (χ2v) is 6.44. The van der Waals surface area contributed by atoms with E-state index < -0.39 is 0 Å². The zero-order valence-corrected chi connectivity index (χ0v) is 16.6. The average molecular weight is 354 g/mol. The molecule has 2 aromatic rings. The smallest absolute Gasteiger partial charge is 0.0316 e. The van der Waals surface area contributed by atoms with E-state index in [0.29, 0.717) is 11.8 Å². The van der Waals surface area contributed by atoms with Gasteiger partial charge in [0.15, 0.2) is 0 Å². The highest BCUT2D eigenvalue weighted by atomic mass is 32.2. The van der Waals surface area contributed by atoms with Crippen LogP contribution in [0.15, 0.2) is 90.5 Å². The zero-order valence-electron chi connectivity index (χ0n) is 15.7. The van der Waals surface area contributed by atoms with Gasteiger partial charge in [-0.2, -0.15) is 0 Å². The maximum atomic E-state index is 4.11. The van der Waals surface area contributed by atoms with Crippen LogP contribution in [-0.4, -0.2) is 0 Å². The van der Waals surface area contributed by atoms with Crippen molar-refractivity contribution in [2.24, 2.45) is 11.8 Å². The van der Waals surface area contributed by atoms with Crippen molar-refractivity contribution in [1.29, 1.82) is 0 Å². The van der Waals surface area contributed by atoms with Gasteiger partial charge in [-0.25, -0.2) is 0 Å². The lowest BCUT2D eigenvalue weighted by Gasteiger charge is -2.10. The van der Waals surface area contributed by atoms with Crippen molar-refractivity contribution in [2.45, 2.75) is 38.5 Å². The van der Waals surface area contributed by atoms with Gasteiger partial charge < -0.3 is 4.72 Å². The first-order chi connectivity index (χ1) is 12.3. The Kier molecular flexibility index (Phi) is 10.5. The molecule has 25 heavy (non-hydrogen) atoms. The largest absolute Gasteiger partial charge is 0.330 e. The van der Waals surface area contributed by atoms with Crippen LogP contribution in [-0.2, 0) is 6.42 Å². The fourth-order valence-electron chi connectivity index (χ4n) is 2.35. The summed E-state index contributed by atoms with van der Waals surface area (Å²) in [6.07, 6.45) is 4.30. The predicted molar refractivity (Wildman–Crippen MR) is 114 cm³/mol. The molecule has 0 aliphatic heterocycles. The summed E-state index contributed by atoms with van der Waals surface area (Å²) in [4.78, 5) is 1.30. The molecule has 0 heterocycles. The van der Waals surface area contributed by atoms with Crippen molar-refractivity contribution in [3.63, 3.8) is 0 Å². The number of nitrogens with one attached hydrogen (secondary N) is 1. The summed E-state index contributed by atoms with van der Waals surface area (Å²) < 4.78 is 3.37. The first kappa shape index (κ1) is 21.1. The van der Waals surface area contributed by atoms with Crippen LogP contribution in [0.4, 0.5) is 0 Å². The van der Waals surface area contributed by atoms with E-state index in [2.05, 4.69) is 49.1 Å². The minimum Gasteiger partial charge on any atom is -0.330 e. The Balaban J connectivity index is 0.000000326. The standard InChI is InChI=1S/C15H19NS.C6H6.C2H6/c1-4-12-8-6-7-9-15(12)17-16-11(3)14-10-13(14)5-2;1-2-4-6-5-3-1;1-2/h5-9,13-14,16H,2-4,10H2,1H3;1-6H;1-2H3. The Labute approximate surface area is 158 Å². The predicted octanol–water partition coefficient (Wildman–Crippen LogP) is 6.89. The third-order valence-corrected chi connectivity index (χ3v) is 4.88. The quantitative estimate of drug-likeness (QED) is 0.448. The molecule has 0 saturated heterocycles. The van der Waals surface area contributed by atoms with Gasteiger partial charge in [-0.15, -0.1) is 6.58 Å². The maximum Gasteiger partial charge on any atom is 0.0316 e. The normalized spacial score (nSPS) is 17.1. The highest BCUT2D eigenvalue weighted by Crippen LogP contribution is 2.44. The van der Waals surface area contributed by atoms with E-state index >= 15 is 0 Å². The molecule has 1 aliphatic carbocycles. The summed E-state index contributed by atoms with van der Waals surface area (Å²) >= 11 is 1.68. The highest BCUT2D eigenvalue weighted by Gasteiger charge is 2.36. The van der Waals surface area contributed by atoms with Gasteiger partial charge in [-0.3, -0.25) is 0 Å². The molecule has 1 fully saturated rings. The molecule has 2 atom stereocenters. The van der Waals surface area contributed by atoms with E-state index in [0.717, 1.165) is 12.1 Å². The molecule has 2 unspecified atom stereocenters. The summed E-state index contributed by atoms with van der Waals surface area (Å²) in [6, 6.07) is 20.5. The second-order valence-electron chi connectivity index (χ2n) is 5.59. The van der Waals surface area contributed by atoms with E-state index in [1.54, 1.807) is 11.9 Å². The molecule has 1 saturated carbocycles. The third-order valence-electron chi connectivity index (χ3n) is 3.90. The molecular formula is C23H31NS. The third kappa shape index (κ3) is 7.66. The fraction of sp³-hybridized carbons (Fsp3) is 0.304. The van der Waals surface area contributed by atoms with Gasteiger partial charge in [-0.1, -0.05) is 88.0 Å². The van der Waals surface area contributed by atoms with Gasteiger partial charge in [-0.05, 0) is 42.3 Å². The summed E-state index contributed by atoms with van der Waals surface area (Å²) in [5.74, 6) is 1.23. The van der Waals surface area contributed by atoms with Crippen molar-refractivity contribution < 1.29 is 0 Å². The lowest BCUT2D eigenvalue weighted by Crippen LogP contribution is -2.05. The van der Waals surface area contributed by atoms with E-state index in [4.69, 9.17) is 0 Å². The van der Waals surface area contributed by atoms with Crippen molar-refractivity contribution in [1.82, 2.24) is 4.72 Å². The first-order valence-corrected chi connectivity index (χ1v) is 9.90. The Morgan fingerprint density at radius 3 is 2.12 bits per heavy atom. The molecule has 1 aliphatic rings. The molecule has 0 aromatic heterocycles. The molecule has 2 heteroatoms.